The van der Waals surface area contributed by atoms with Gasteiger partial charge in [-0.2, -0.15) is 10.2 Å². The van der Waals surface area contributed by atoms with Crippen LogP contribution in [0.5, 0.6) is 5.75 Å². The second-order valence-electron chi connectivity index (χ2n) is 7.63. The van der Waals surface area contributed by atoms with Gasteiger partial charge in [0.05, 0.1) is 44.0 Å². The van der Waals surface area contributed by atoms with Crippen LogP contribution in [0.15, 0.2) is 71.8 Å². The number of hydrogen-bond acceptors (Lipinski definition) is 5. The minimum absolute atomic E-state index is 0.00371. The fourth-order valence-corrected chi connectivity index (χ4v) is 3.73. The van der Waals surface area contributed by atoms with Gasteiger partial charge in [0.15, 0.2) is 11.4 Å². The minimum Gasteiger partial charge on any atom is -0.491 e. The molecule has 0 spiro atoms. The highest BCUT2D eigenvalue weighted by Gasteiger charge is 2.44. The quantitative estimate of drug-likeness (QED) is 0.461. The zero-order chi connectivity index (χ0) is 23.2. The van der Waals surface area contributed by atoms with Crippen molar-refractivity contribution in [1.29, 1.82) is 0 Å². The molecule has 0 amide bonds. The Morgan fingerprint density at radius 3 is 2.48 bits per heavy atom. The van der Waals surface area contributed by atoms with Crippen molar-refractivity contribution in [2.45, 2.75) is 5.92 Å². The molecular weight excluding hydrogens is 435 g/mol. The first-order valence-corrected chi connectivity index (χ1v) is 10.1. The van der Waals surface area contributed by atoms with Gasteiger partial charge in [0.25, 0.3) is 11.4 Å². The van der Waals surface area contributed by atoms with E-state index < -0.39 is 30.3 Å². The number of alkyl halides is 2. The molecule has 1 saturated heterocycles. The Hall–Kier alpha value is -4.08. The molecular formula is C23H18F3N5O2. The van der Waals surface area contributed by atoms with E-state index in [1.807, 2.05) is 30.3 Å². The average Bonchev–Trinajstić information content (AvgIpc) is 3.28. The Labute approximate surface area is 186 Å². The van der Waals surface area contributed by atoms with E-state index in [0.29, 0.717) is 17.1 Å². The Kier molecular flexibility index (Phi) is 4.92. The third kappa shape index (κ3) is 3.73. The maximum atomic E-state index is 14.8. The molecule has 0 atom stereocenters. The standard InChI is InChI=1S/C23H18F3N5O2/c1-33-20-12-30(19-11-16(7-8-17(19)24)29-13-23(25,26)14-29)28-21(22(20)32)18-9-10-27-31(18)15-5-3-2-4-6-15/h2-12H,13-14H2,1H3. The third-order valence-corrected chi connectivity index (χ3v) is 5.38. The molecule has 0 saturated carbocycles. The first-order chi connectivity index (χ1) is 15.9. The van der Waals surface area contributed by atoms with Crippen LogP contribution in [-0.4, -0.2) is 45.7 Å². The van der Waals surface area contributed by atoms with E-state index in [-0.39, 0.29) is 17.1 Å². The largest absolute Gasteiger partial charge is 0.491 e. The van der Waals surface area contributed by atoms with Crippen molar-refractivity contribution >= 4 is 5.69 Å². The molecule has 0 unspecified atom stereocenters. The number of ether oxygens (including phenoxy) is 1. The van der Waals surface area contributed by atoms with Crippen molar-refractivity contribution in [2.24, 2.45) is 0 Å². The highest BCUT2D eigenvalue weighted by atomic mass is 19.3. The van der Waals surface area contributed by atoms with Crippen LogP contribution in [0.2, 0.25) is 0 Å². The number of aromatic nitrogens is 4. The van der Waals surface area contributed by atoms with Gasteiger partial charge in [0, 0.05) is 5.69 Å². The van der Waals surface area contributed by atoms with Gasteiger partial charge < -0.3 is 9.64 Å². The maximum absolute atomic E-state index is 14.8. The number of anilines is 1. The van der Waals surface area contributed by atoms with Crippen molar-refractivity contribution in [3.63, 3.8) is 0 Å². The molecule has 2 aromatic heterocycles. The van der Waals surface area contributed by atoms with Crippen LogP contribution in [0.1, 0.15) is 0 Å². The topological polar surface area (TPSA) is 65.2 Å². The third-order valence-electron chi connectivity index (χ3n) is 5.38. The fourth-order valence-electron chi connectivity index (χ4n) is 3.73. The van der Waals surface area contributed by atoms with Gasteiger partial charge >= 0.3 is 0 Å². The molecule has 10 heteroatoms. The van der Waals surface area contributed by atoms with Gasteiger partial charge in [-0.1, -0.05) is 18.2 Å². The van der Waals surface area contributed by atoms with Crippen molar-refractivity contribution in [1.82, 2.24) is 19.6 Å². The molecule has 1 fully saturated rings. The zero-order valence-corrected chi connectivity index (χ0v) is 17.5. The maximum Gasteiger partial charge on any atom is 0.282 e. The monoisotopic (exact) mass is 453 g/mol. The number of methoxy groups -OCH3 is 1. The number of hydrogen-bond donors (Lipinski definition) is 0. The highest BCUT2D eigenvalue weighted by molar-refractivity contribution is 5.60. The first-order valence-electron chi connectivity index (χ1n) is 10.1. The summed E-state index contributed by atoms with van der Waals surface area (Å²) in [5.41, 5.74) is 1.01. The minimum atomic E-state index is -2.77. The number of halogens is 3. The van der Waals surface area contributed by atoms with E-state index in [4.69, 9.17) is 4.74 Å². The summed E-state index contributed by atoms with van der Waals surface area (Å²) < 4.78 is 49.4. The molecule has 33 heavy (non-hydrogen) atoms. The smallest absolute Gasteiger partial charge is 0.282 e. The van der Waals surface area contributed by atoms with Crippen molar-refractivity contribution in [3.05, 3.63) is 83.0 Å². The van der Waals surface area contributed by atoms with E-state index >= 15 is 0 Å². The fraction of sp³-hybridized carbons (Fsp3) is 0.174. The molecule has 2 aromatic carbocycles. The van der Waals surface area contributed by atoms with Gasteiger partial charge in [0.2, 0.25) is 0 Å². The van der Waals surface area contributed by atoms with Crippen LogP contribution >= 0.6 is 0 Å². The molecule has 1 aliphatic rings. The summed E-state index contributed by atoms with van der Waals surface area (Å²) in [7, 11) is 1.33. The van der Waals surface area contributed by atoms with Crippen LogP contribution in [0.4, 0.5) is 18.9 Å². The lowest BCUT2D eigenvalue weighted by molar-refractivity contribution is -0.0262. The van der Waals surface area contributed by atoms with Gasteiger partial charge in [-0.3, -0.25) is 4.79 Å². The highest BCUT2D eigenvalue weighted by Crippen LogP contribution is 2.33. The van der Waals surface area contributed by atoms with Crippen LogP contribution in [-0.2, 0) is 0 Å². The van der Waals surface area contributed by atoms with E-state index in [9.17, 15) is 18.0 Å². The predicted molar refractivity (Wildman–Crippen MR) is 116 cm³/mol. The van der Waals surface area contributed by atoms with Crippen LogP contribution in [0.3, 0.4) is 0 Å². The number of para-hydroxylation sites is 1. The molecule has 0 bridgehead atoms. The molecule has 3 heterocycles. The Bertz CT molecular complexity index is 1380. The normalized spacial score (nSPS) is 14.7. The van der Waals surface area contributed by atoms with E-state index in [2.05, 4.69) is 10.2 Å². The summed E-state index contributed by atoms with van der Waals surface area (Å²) >= 11 is 0. The summed E-state index contributed by atoms with van der Waals surface area (Å²) in [5, 5.41) is 8.66. The summed E-state index contributed by atoms with van der Waals surface area (Å²) in [5.74, 6) is -3.45. The molecule has 1 aliphatic heterocycles. The van der Waals surface area contributed by atoms with E-state index in [1.165, 1.54) is 47.3 Å². The van der Waals surface area contributed by atoms with E-state index in [1.54, 1.807) is 10.7 Å². The first kappa shape index (κ1) is 20.8. The van der Waals surface area contributed by atoms with Gasteiger partial charge in [-0.15, -0.1) is 0 Å². The second kappa shape index (κ2) is 7.80. The molecule has 4 aromatic rings. The Morgan fingerprint density at radius 2 is 1.79 bits per heavy atom. The Morgan fingerprint density at radius 1 is 1.03 bits per heavy atom. The lowest BCUT2D eigenvalue weighted by Gasteiger charge is -2.40. The van der Waals surface area contributed by atoms with Gasteiger partial charge in [-0.05, 0) is 36.4 Å². The van der Waals surface area contributed by atoms with Crippen LogP contribution < -0.4 is 15.1 Å². The molecule has 0 radical (unpaired) electrons. The summed E-state index contributed by atoms with van der Waals surface area (Å²) in [4.78, 5) is 14.5. The number of nitrogens with zero attached hydrogens (tertiary/aromatic N) is 5. The Balaban J connectivity index is 1.63. The SMILES string of the molecule is COc1cn(-c2cc(N3CC(F)(F)C3)ccc2F)nc(-c2ccnn2-c2ccccc2)c1=O. The molecule has 0 N–H and O–H groups in total. The van der Waals surface area contributed by atoms with Crippen molar-refractivity contribution in [2.75, 3.05) is 25.1 Å². The average molecular weight is 453 g/mol. The van der Waals surface area contributed by atoms with Crippen molar-refractivity contribution < 1.29 is 17.9 Å². The molecule has 5 rings (SSSR count). The van der Waals surface area contributed by atoms with Crippen molar-refractivity contribution in [3.8, 4) is 28.5 Å². The van der Waals surface area contributed by atoms with E-state index in [0.717, 1.165) is 0 Å². The molecule has 7 nitrogen and oxygen atoms in total. The lowest BCUT2D eigenvalue weighted by atomic mass is 10.1. The number of benzene rings is 2. The lowest BCUT2D eigenvalue weighted by Crippen LogP contribution is -2.56. The second-order valence-corrected chi connectivity index (χ2v) is 7.63. The van der Waals surface area contributed by atoms with Crippen LogP contribution in [0, 0.1) is 5.82 Å². The van der Waals surface area contributed by atoms with Gasteiger partial charge in [-0.25, -0.2) is 22.5 Å². The molecule has 168 valence electrons. The summed E-state index contributed by atoms with van der Waals surface area (Å²) in [6.45, 7) is -0.888. The summed E-state index contributed by atoms with van der Waals surface area (Å²) in [6, 6.07) is 14.8. The predicted octanol–water partition coefficient (Wildman–Crippen LogP) is 3.69. The van der Waals surface area contributed by atoms with Crippen LogP contribution in [0.25, 0.3) is 22.8 Å². The zero-order valence-electron chi connectivity index (χ0n) is 17.5. The number of rotatable bonds is 5. The summed E-state index contributed by atoms with van der Waals surface area (Å²) in [6.07, 6.45) is 2.79. The van der Waals surface area contributed by atoms with Gasteiger partial charge in [0.1, 0.15) is 11.5 Å². The molecule has 0 aliphatic carbocycles.